The topological polar surface area (TPSA) is 68.5 Å². The molecule has 8 heteroatoms. The minimum atomic E-state index is -0.801. The Balaban J connectivity index is 1.68. The zero-order valence-electron chi connectivity index (χ0n) is 15.1. The van der Waals surface area contributed by atoms with Crippen molar-refractivity contribution in [3.05, 3.63) is 69.4 Å². The number of aromatic nitrogens is 1. The second-order valence-corrected chi connectivity index (χ2v) is 6.14. The highest BCUT2D eigenvalue weighted by atomic mass is 19.1. The summed E-state index contributed by atoms with van der Waals surface area (Å²) in [6.07, 6.45) is 4.61. The highest BCUT2D eigenvalue weighted by Crippen LogP contribution is 2.28. The highest BCUT2D eigenvalue weighted by molar-refractivity contribution is 5.58. The van der Waals surface area contributed by atoms with Crippen LogP contribution in [0.5, 0.6) is 5.75 Å². The summed E-state index contributed by atoms with van der Waals surface area (Å²) in [7, 11) is 1.20. The van der Waals surface area contributed by atoms with Gasteiger partial charge in [0.1, 0.15) is 0 Å². The molecule has 0 atom stereocenters. The van der Waals surface area contributed by atoms with Crippen molar-refractivity contribution in [3.8, 4) is 17.6 Å². The third-order valence-electron chi connectivity index (χ3n) is 4.36. The summed E-state index contributed by atoms with van der Waals surface area (Å²) in [4.78, 5) is 16.7. The van der Waals surface area contributed by atoms with Crippen molar-refractivity contribution >= 4 is 11.5 Å². The first-order chi connectivity index (χ1) is 13.5. The minimum absolute atomic E-state index is 0.0155. The number of pyridine rings is 1. The lowest BCUT2D eigenvalue weighted by Gasteiger charge is -2.28. The van der Waals surface area contributed by atoms with Crippen LogP contribution in [0.1, 0.15) is 18.4 Å². The van der Waals surface area contributed by atoms with E-state index in [1.807, 2.05) is 4.90 Å². The van der Waals surface area contributed by atoms with Gasteiger partial charge in [0.25, 0.3) is 0 Å². The lowest BCUT2D eigenvalue weighted by molar-refractivity contribution is -0.384. The number of hydrogen-bond donors (Lipinski definition) is 0. The maximum Gasteiger partial charge on any atom is 0.311 e. The molecule has 1 aromatic heterocycles. The van der Waals surface area contributed by atoms with Crippen LogP contribution in [0, 0.1) is 33.6 Å². The molecule has 2 aromatic rings. The summed E-state index contributed by atoms with van der Waals surface area (Å²) in [5.74, 6) is 3.86. The fraction of sp³-hybridized carbons (Fsp3) is 0.250. The molecule has 28 heavy (non-hydrogen) atoms. The van der Waals surface area contributed by atoms with Gasteiger partial charge in [0.15, 0.2) is 17.4 Å². The van der Waals surface area contributed by atoms with Gasteiger partial charge in [-0.3, -0.25) is 10.1 Å². The average Bonchev–Trinajstić information content (AvgIpc) is 2.68. The Bertz CT molecular complexity index is 963. The summed E-state index contributed by atoms with van der Waals surface area (Å²) >= 11 is 0. The molecule has 0 amide bonds. The van der Waals surface area contributed by atoms with Gasteiger partial charge in [-0.2, -0.15) is 0 Å². The predicted molar refractivity (Wildman–Crippen MR) is 100 cm³/mol. The fourth-order valence-corrected chi connectivity index (χ4v) is 2.97. The van der Waals surface area contributed by atoms with Gasteiger partial charge in [-0.1, -0.05) is 17.4 Å². The molecule has 1 fully saturated rings. The maximum atomic E-state index is 13.7. The molecule has 2 heterocycles. The van der Waals surface area contributed by atoms with Crippen LogP contribution >= 0.6 is 0 Å². The highest BCUT2D eigenvalue weighted by Gasteiger charge is 2.23. The number of nitro groups is 1. The SMILES string of the molecule is COc1c(F)cc(C#CC=C2CCN(c3ncccc3[N+](=O)[O-])CC2)cc1F. The molecule has 0 unspecified atom stereocenters. The third-order valence-corrected chi connectivity index (χ3v) is 4.36. The van der Waals surface area contributed by atoms with E-state index in [0.717, 1.165) is 17.7 Å². The molecule has 6 nitrogen and oxygen atoms in total. The molecule has 0 spiro atoms. The molecular formula is C20H17F2N3O3. The van der Waals surface area contributed by atoms with Crippen molar-refractivity contribution in [1.29, 1.82) is 0 Å². The number of hydrogen-bond acceptors (Lipinski definition) is 5. The van der Waals surface area contributed by atoms with Gasteiger partial charge in [-0.15, -0.1) is 0 Å². The predicted octanol–water partition coefficient (Wildman–Crippen LogP) is 3.85. The summed E-state index contributed by atoms with van der Waals surface area (Å²) in [6, 6.07) is 5.22. The molecular weight excluding hydrogens is 368 g/mol. The van der Waals surface area contributed by atoms with Crippen molar-refractivity contribution in [2.75, 3.05) is 25.1 Å². The van der Waals surface area contributed by atoms with Gasteiger partial charge < -0.3 is 9.64 Å². The smallest absolute Gasteiger partial charge is 0.311 e. The van der Waals surface area contributed by atoms with E-state index in [4.69, 9.17) is 0 Å². The Morgan fingerprint density at radius 3 is 2.57 bits per heavy atom. The molecule has 0 bridgehead atoms. The second kappa shape index (κ2) is 8.48. The first kappa shape index (κ1) is 19.3. The van der Waals surface area contributed by atoms with Crippen molar-refractivity contribution in [2.45, 2.75) is 12.8 Å². The van der Waals surface area contributed by atoms with Crippen LogP contribution in [-0.4, -0.2) is 30.1 Å². The van der Waals surface area contributed by atoms with Crippen molar-refractivity contribution in [3.63, 3.8) is 0 Å². The maximum absolute atomic E-state index is 13.7. The lowest BCUT2D eigenvalue weighted by Crippen LogP contribution is -2.31. The average molecular weight is 385 g/mol. The first-order valence-electron chi connectivity index (χ1n) is 8.56. The summed E-state index contributed by atoms with van der Waals surface area (Å²) in [6.45, 7) is 1.16. The van der Waals surface area contributed by atoms with Crippen LogP contribution in [-0.2, 0) is 0 Å². The van der Waals surface area contributed by atoms with Crippen LogP contribution in [0.4, 0.5) is 20.3 Å². The number of rotatable bonds is 3. The molecule has 1 aliphatic heterocycles. The van der Waals surface area contributed by atoms with E-state index in [2.05, 4.69) is 21.6 Å². The van der Waals surface area contributed by atoms with Crippen LogP contribution in [0.3, 0.4) is 0 Å². The van der Waals surface area contributed by atoms with E-state index in [0.29, 0.717) is 31.7 Å². The Hall–Kier alpha value is -3.47. The Morgan fingerprint density at radius 2 is 1.96 bits per heavy atom. The summed E-state index contributed by atoms with van der Waals surface area (Å²) < 4.78 is 32.0. The van der Waals surface area contributed by atoms with Gasteiger partial charge in [-0.05, 0) is 37.1 Å². The number of methoxy groups -OCH3 is 1. The normalized spacial score (nSPS) is 13.5. The van der Waals surface area contributed by atoms with E-state index in [9.17, 15) is 18.9 Å². The zero-order chi connectivity index (χ0) is 20.1. The van der Waals surface area contributed by atoms with Crippen LogP contribution in [0.15, 0.2) is 42.1 Å². The van der Waals surface area contributed by atoms with E-state index in [1.54, 1.807) is 6.08 Å². The van der Waals surface area contributed by atoms with E-state index in [1.165, 1.54) is 25.4 Å². The summed E-state index contributed by atoms with van der Waals surface area (Å²) in [5, 5.41) is 11.1. The van der Waals surface area contributed by atoms with Crippen LogP contribution in [0.2, 0.25) is 0 Å². The molecule has 0 saturated carbocycles. The monoisotopic (exact) mass is 385 g/mol. The fourth-order valence-electron chi connectivity index (χ4n) is 2.97. The number of ether oxygens (including phenoxy) is 1. The van der Waals surface area contributed by atoms with Crippen LogP contribution < -0.4 is 9.64 Å². The number of allylic oxidation sites excluding steroid dienone is 1. The summed E-state index contributed by atoms with van der Waals surface area (Å²) in [5.41, 5.74) is 1.27. The van der Waals surface area contributed by atoms with E-state index in [-0.39, 0.29) is 11.3 Å². The third kappa shape index (κ3) is 4.26. The van der Waals surface area contributed by atoms with Gasteiger partial charge in [0.2, 0.25) is 5.82 Å². The van der Waals surface area contributed by atoms with Gasteiger partial charge in [-0.25, -0.2) is 13.8 Å². The van der Waals surface area contributed by atoms with Crippen LogP contribution in [0.25, 0.3) is 0 Å². The minimum Gasteiger partial charge on any atom is -0.491 e. The Morgan fingerprint density at radius 1 is 1.29 bits per heavy atom. The van der Waals surface area contributed by atoms with E-state index < -0.39 is 22.3 Å². The number of piperidine rings is 1. The standard InChI is InChI=1S/C20H17F2N3O3/c1-28-19-16(21)12-15(13-17(19)22)5-2-4-14-7-10-24(11-8-14)20-18(25(26)27)6-3-9-23-20/h3-4,6,9,12-13H,7-8,10-11H2,1H3. The lowest BCUT2D eigenvalue weighted by atomic mass is 10.0. The molecule has 0 aliphatic carbocycles. The molecule has 0 radical (unpaired) electrons. The first-order valence-corrected chi connectivity index (χ1v) is 8.56. The quantitative estimate of drug-likeness (QED) is 0.456. The molecule has 1 aromatic carbocycles. The largest absolute Gasteiger partial charge is 0.491 e. The molecule has 144 valence electrons. The molecule has 1 saturated heterocycles. The second-order valence-electron chi connectivity index (χ2n) is 6.14. The Kier molecular flexibility index (Phi) is 5.84. The van der Waals surface area contributed by atoms with E-state index >= 15 is 0 Å². The molecule has 1 aliphatic rings. The van der Waals surface area contributed by atoms with Gasteiger partial charge in [0.05, 0.1) is 12.0 Å². The number of halogens is 2. The van der Waals surface area contributed by atoms with Crippen molar-refractivity contribution < 1.29 is 18.4 Å². The van der Waals surface area contributed by atoms with Crippen molar-refractivity contribution in [2.24, 2.45) is 0 Å². The Labute approximate surface area is 160 Å². The number of anilines is 1. The zero-order valence-corrected chi connectivity index (χ0v) is 15.1. The molecule has 0 N–H and O–H groups in total. The van der Waals surface area contributed by atoms with Gasteiger partial charge in [0, 0.05) is 30.9 Å². The number of nitrogens with zero attached hydrogens (tertiary/aromatic N) is 3. The molecule has 3 rings (SSSR count). The van der Waals surface area contributed by atoms with Gasteiger partial charge >= 0.3 is 5.69 Å². The van der Waals surface area contributed by atoms with Crippen molar-refractivity contribution in [1.82, 2.24) is 4.98 Å². The number of benzene rings is 1.